The van der Waals surface area contributed by atoms with Gasteiger partial charge in [-0.1, -0.05) is 0 Å². The molecule has 4 heteroatoms. The molecule has 0 aliphatic rings. The number of aldehydes is 1. The van der Waals surface area contributed by atoms with Crippen molar-refractivity contribution in [2.24, 2.45) is 0 Å². The lowest BCUT2D eigenvalue weighted by molar-refractivity contribution is 0.112. The van der Waals surface area contributed by atoms with Gasteiger partial charge in [0.2, 0.25) is 0 Å². The number of likely N-dealkylation sites (N-methyl/N-ethyl adjacent to an activating group) is 1. The third-order valence-corrected chi connectivity index (χ3v) is 1.84. The van der Waals surface area contributed by atoms with Gasteiger partial charge in [0.1, 0.15) is 24.5 Å². The molecule has 0 radical (unpaired) electrons. The molecule has 0 fully saturated rings. The summed E-state index contributed by atoms with van der Waals surface area (Å²) < 4.78 is 18.3. The molecule has 0 bridgehead atoms. The number of halogens is 1. The van der Waals surface area contributed by atoms with Crippen LogP contribution in [0.15, 0.2) is 18.2 Å². The third-order valence-electron chi connectivity index (χ3n) is 1.84. The first-order chi connectivity index (χ1) is 7.11. The van der Waals surface area contributed by atoms with E-state index in [1.807, 2.05) is 19.0 Å². The molecular formula is C11H14FNO2. The van der Waals surface area contributed by atoms with Gasteiger partial charge in [0, 0.05) is 18.2 Å². The van der Waals surface area contributed by atoms with Crippen molar-refractivity contribution in [1.82, 2.24) is 4.90 Å². The van der Waals surface area contributed by atoms with E-state index in [0.29, 0.717) is 18.6 Å². The maximum Gasteiger partial charge on any atom is 0.150 e. The van der Waals surface area contributed by atoms with Gasteiger partial charge in [0.15, 0.2) is 0 Å². The number of hydrogen-bond acceptors (Lipinski definition) is 3. The molecule has 1 aromatic rings. The van der Waals surface area contributed by atoms with E-state index in [9.17, 15) is 9.18 Å². The van der Waals surface area contributed by atoms with E-state index in [0.717, 1.165) is 6.54 Å². The van der Waals surface area contributed by atoms with E-state index < -0.39 is 5.82 Å². The number of rotatable bonds is 5. The monoisotopic (exact) mass is 211 g/mol. The van der Waals surface area contributed by atoms with Gasteiger partial charge in [0.25, 0.3) is 0 Å². The molecular weight excluding hydrogens is 197 g/mol. The molecule has 0 heterocycles. The summed E-state index contributed by atoms with van der Waals surface area (Å²) in [5.41, 5.74) is 0.287. The van der Waals surface area contributed by atoms with Crippen molar-refractivity contribution in [1.29, 1.82) is 0 Å². The molecule has 82 valence electrons. The average Bonchev–Trinajstić information content (AvgIpc) is 2.16. The highest BCUT2D eigenvalue weighted by Gasteiger charge is 2.01. The van der Waals surface area contributed by atoms with Crippen LogP contribution < -0.4 is 4.74 Å². The smallest absolute Gasteiger partial charge is 0.150 e. The normalized spacial score (nSPS) is 10.4. The molecule has 0 aromatic heterocycles. The van der Waals surface area contributed by atoms with Crippen LogP contribution in [-0.4, -0.2) is 38.4 Å². The van der Waals surface area contributed by atoms with Gasteiger partial charge >= 0.3 is 0 Å². The fourth-order valence-electron chi connectivity index (χ4n) is 1.08. The molecule has 0 atom stereocenters. The standard InChI is InChI=1S/C11H14FNO2/c1-13(2)3-4-15-11-6-9(8-14)5-10(12)7-11/h5-8H,3-4H2,1-2H3. The molecule has 1 aromatic carbocycles. The summed E-state index contributed by atoms with van der Waals surface area (Å²) in [4.78, 5) is 12.4. The van der Waals surface area contributed by atoms with E-state index in [1.54, 1.807) is 0 Å². The second-order valence-electron chi connectivity index (χ2n) is 3.49. The highest BCUT2D eigenvalue weighted by molar-refractivity contribution is 5.75. The van der Waals surface area contributed by atoms with Crippen LogP contribution in [0.3, 0.4) is 0 Å². The van der Waals surface area contributed by atoms with Gasteiger partial charge in [-0.25, -0.2) is 4.39 Å². The topological polar surface area (TPSA) is 29.5 Å². The fraction of sp³-hybridized carbons (Fsp3) is 0.364. The lowest BCUT2D eigenvalue weighted by Crippen LogP contribution is -2.19. The van der Waals surface area contributed by atoms with Crippen molar-refractivity contribution in [3.05, 3.63) is 29.6 Å². The van der Waals surface area contributed by atoms with Crippen LogP contribution in [0, 0.1) is 5.82 Å². The zero-order valence-electron chi connectivity index (χ0n) is 8.87. The first-order valence-electron chi connectivity index (χ1n) is 4.65. The zero-order chi connectivity index (χ0) is 11.3. The van der Waals surface area contributed by atoms with Crippen LogP contribution >= 0.6 is 0 Å². The molecule has 0 aliphatic carbocycles. The average molecular weight is 211 g/mol. The highest BCUT2D eigenvalue weighted by Crippen LogP contribution is 2.15. The summed E-state index contributed by atoms with van der Waals surface area (Å²) in [6.07, 6.45) is 0.599. The van der Waals surface area contributed by atoms with Crippen LogP contribution in [0.2, 0.25) is 0 Å². The van der Waals surface area contributed by atoms with E-state index in [2.05, 4.69) is 0 Å². The van der Waals surface area contributed by atoms with Crippen LogP contribution in [0.4, 0.5) is 4.39 Å². The van der Waals surface area contributed by atoms with Gasteiger partial charge in [-0.15, -0.1) is 0 Å². The molecule has 0 unspecified atom stereocenters. The molecule has 0 saturated heterocycles. The summed E-state index contributed by atoms with van der Waals surface area (Å²) in [6, 6.07) is 3.96. The van der Waals surface area contributed by atoms with Crippen LogP contribution in [0.1, 0.15) is 10.4 Å². The van der Waals surface area contributed by atoms with Crippen molar-refractivity contribution in [3.63, 3.8) is 0 Å². The molecule has 3 nitrogen and oxygen atoms in total. The maximum absolute atomic E-state index is 13.0. The van der Waals surface area contributed by atoms with Gasteiger partial charge in [-0.05, 0) is 26.2 Å². The van der Waals surface area contributed by atoms with E-state index in [4.69, 9.17) is 4.74 Å². The molecule has 1 rings (SSSR count). The number of ether oxygens (including phenoxy) is 1. The van der Waals surface area contributed by atoms with Crippen molar-refractivity contribution in [2.75, 3.05) is 27.2 Å². The number of benzene rings is 1. The summed E-state index contributed by atoms with van der Waals surface area (Å²) in [7, 11) is 3.84. The number of carbonyl (C=O) groups is 1. The van der Waals surface area contributed by atoms with Crippen LogP contribution in [0.5, 0.6) is 5.75 Å². The van der Waals surface area contributed by atoms with Crippen molar-refractivity contribution in [2.45, 2.75) is 0 Å². The molecule has 15 heavy (non-hydrogen) atoms. The Morgan fingerprint density at radius 2 is 2.13 bits per heavy atom. The Bertz CT molecular complexity index is 339. The fourth-order valence-corrected chi connectivity index (χ4v) is 1.08. The van der Waals surface area contributed by atoms with E-state index in [1.165, 1.54) is 18.2 Å². The van der Waals surface area contributed by atoms with E-state index in [-0.39, 0.29) is 5.56 Å². The summed E-state index contributed by atoms with van der Waals surface area (Å²) in [5, 5.41) is 0. The number of carbonyl (C=O) groups excluding carboxylic acids is 1. The lowest BCUT2D eigenvalue weighted by atomic mass is 10.2. The van der Waals surface area contributed by atoms with Crippen molar-refractivity contribution < 1.29 is 13.9 Å². The quantitative estimate of drug-likeness (QED) is 0.692. The maximum atomic E-state index is 13.0. The lowest BCUT2D eigenvalue weighted by Gasteiger charge is -2.11. The minimum atomic E-state index is -0.459. The minimum Gasteiger partial charge on any atom is -0.492 e. The highest BCUT2D eigenvalue weighted by atomic mass is 19.1. The molecule has 0 spiro atoms. The Balaban J connectivity index is 2.60. The minimum absolute atomic E-state index is 0.287. The predicted octanol–water partition coefficient (Wildman–Crippen LogP) is 1.58. The zero-order valence-corrected chi connectivity index (χ0v) is 8.87. The second kappa shape index (κ2) is 5.46. The summed E-state index contributed by atoms with van der Waals surface area (Å²) in [5.74, 6) is -0.0709. The van der Waals surface area contributed by atoms with Crippen LogP contribution in [-0.2, 0) is 0 Å². The largest absolute Gasteiger partial charge is 0.492 e. The second-order valence-corrected chi connectivity index (χ2v) is 3.49. The van der Waals surface area contributed by atoms with Gasteiger partial charge in [-0.3, -0.25) is 4.79 Å². The van der Waals surface area contributed by atoms with Crippen molar-refractivity contribution in [3.8, 4) is 5.75 Å². The Labute approximate surface area is 88.5 Å². The molecule has 0 amide bonds. The molecule has 0 aliphatic heterocycles. The first-order valence-corrected chi connectivity index (χ1v) is 4.65. The van der Waals surface area contributed by atoms with E-state index >= 15 is 0 Å². The number of hydrogen-bond donors (Lipinski definition) is 0. The van der Waals surface area contributed by atoms with Gasteiger partial charge in [-0.2, -0.15) is 0 Å². The van der Waals surface area contributed by atoms with Crippen molar-refractivity contribution >= 4 is 6.29 Å². The Kier molecular flexibility index (Phi) is 4.24. The molecule has 0 saturated carbocycles. The summed E-state index contributed by atoms with van der Waals surface area (Å²) >= 11 is 0. The summed E-state index contributed by atoms with van der Waals surface area (Å²) in [6.45, 7) is 1.21. The Morgan fingerprint density at radius 1 is 1.40 bits per heavy atom. The van der Waals surface area contributed by atoms with Gasteiger partial charge < -0.3 is 9.64 Å². The number of nitrogens with zero attached hydrogens (tertiary/aromatic N) is 1. The first kappa shape index (κ1) is 11.7. The SMILES string of the molecule is CN(C)CCOc1cc(F)cc(C=O)c1. The Morgan fingerprint density at radius 3 is 2.73 bits per heavy atom. The van der Waals surface area contributed by atoms with Gasteiger partial charge in [0.05, 0.1) is 0 Å². The molecule has 0 N–H and O–H groups in total. The van der Waals surface area contributed by atoms with Crippen LogP contribution in [0.25, 0.3) is 0 Å². The Hall–Kier alpha value is -1.42. The predicted molar refractivity (Wildman–Crippen MR) is 55.8 cm³/mol. The third kappa shape index (κ3) is 4.08.